The number of carbonyl (C=O) groups excluding carboxylic acids is 2. The number of hydrogen-bond donors (Lipinski definition) is 2. The molecule has 0 spiro atoms. The molecule has 1 amide bonds. The number of benzene rings is 2. The van der Waals surface area contributed by atoms with Crippen LogP contribution in [0.2, 0.25) is 10.0 Å². The van der Waals surface area contributed by atoms with Crippen LogP contribution in [-0.2, 0) is 24.3 Å². The van der Waals surface area contributed by atoms with E-state index < -0.39 is 40.6 Å². The third-order valence-electron chi connectivity index (χ3n) is 4.21. The van der Waals surface area contributed by atoms with Gasteiger partial charge in [0.1, 0.15) is 11.8 Å². The van der Waals surface area contributed by atoms with E-state index in [1.54, 1.807) is 25.1 Å². The Morgan fingerprint density at radius 1 is 1.06 bits per heavy atom. The molecule has 2 aromatic carbocycles. The first-order chi connectivity index (χ1) is 14.5. The molecule has 0 aliphatic carbocycles. The Balaban J connectivity index is 1.88. The van der Waals surface area contributed by atoms with Crippen molar-refractivity contribution >= 4 is 45.1 Å². The van der Waals surface area contributed by atoms with Crippen molar-refractivity contribution in [3.63, 3.8) is 0 Å². The van der Waals surface area contributed by atoms with Crippen LogP contribution >= 0.6 is 23.2 Å². The average molecular weight is 489 g/mol. The van der Waals surface area contributed by atoms with E-state index >= 15 is 0 Å². The molecule has 0 saturated heterocycles. The predicted molar refractivity (Wildman–Crippen MR) is 117 cm³/mol. The Bertz CT molecular complexity index is 1040. The quantitative estimate of drug-likeness (QED) is 0.524. The summed E-state index contributed by atoms with van der Waals surface area (Å²) >= 11 is 12.0. The summed E-state index contributed by atoms with van der Waals surface area (Å²) in [6.07, 6.45) is 0. The molecule has 2 aromatic rings. The fourth-order valence-electron chi connectivity index (χ4n) is 2.58. The minimum atomic E-state index is -3.96. The molecule has 8 nitrogen and oxygen atoms in total. The first-order valence-electron chi connectivity index (χ1n) is 9.11. The number of amides is 1. The van der Waals surface area contributed by atoms with Gasteiger partial charge in [-0.05, 0) is 55.8 Å². The van der Waals surface area contributed by atoms with Gasteiger partial charge in [-0.2, -0.15) is 4.72 Å². The number of carbonyl (C=O) groups is 2. The molecule has 0 saturated carbocycles. The number of esters is 1. The molecule has 0 aromatic heterocycles. The Labute approximate surface area is 190 Å². The molecule has 0 bridgehead atoms. The Morgan fingerprint density at radius 3 is 2.29 bits per heavy atom. The average Bonchev–Trinajstić information content (AvgIpc) is 2.71. The number of ether oxygens (including phenoxy) is 2. The van der Waals surface area contributed by atoms with Crippen LogP contribution in [-0.4, -0.2) is 40.1 Å². The van der Waals surface area contributed by atoms with Crippen LogP contribution in [0.5, 0.6) is 5.75 Å². The summed E-state index contributed by atoms with van der Waals surface area (Å²) in [4.78, 5) is 24.2. The van der Waals surface area contributed by atoms with Gasteiger partial charge in [0, 0.05) is 10.0 Å². The van der Waals surface area contributed by atoms with Gasteiger partial charge < -0.3 is 14.8 Å². The van der Waals surface area contributed by atoms with Crippen molar-refractivity contribution in [1.82, 2.24) is 10.0 Å². The lowest BCUT2D eigenvalue weighted by Crippen LogP contribution is -2.41. The van der Waals surface area contributed by atoms with E-state index in [2.05, 4.69) is 10.0 Å². The van der Waals surface area contributed by atoms with E-state index in [-0.39, 0.29) is 4.90 Å². The van der Waals surface area contributed by atoms with Gasteiger partial charge in [-0.25, -0.2) is 8.42 Å². The van der Waals surface area contributed by atoms with Crippen LogP contribution in [0.3, 0.4) is 0 Å². The molecular weight excluding hydrogens is 467 g/mol. The van der Waals surface area contributed by atoms with Crippen molar-refractivity contribution in [1.29, 1.82) is 0 Å². The van der Waals surface area contributed by atoms with Gasteiger partial charge >= 0.3 is 5.97 Å². The van der Waals surface area contributed by atoms with Crippen molar-refractivity contribution in [2.75, 3.05) is 13.7 Å². The summed E-state index contributed by atoms with van der Waals surface area (Å²) in [6, 6.07) is 8.86. The Hall–Kier alpha value is -2.33. The van der Waals surface area contributed by atoms with Crippen molar-refractivity contribution in [3.8, 4) is 5.75 Å². The van der Waals surface area contributed by atoms with E-state index in [4.69, 9.17) is 32.7 Å². The van der Waals surface area contributed by atoms with E-state index in [9.17, 15) is 18.0 Å². The third kappa shape index (κ3) is 7.10. The number of hydrogen-bond acceptors (Lipinski definition) is 6. The summed E-state index contributed by atoms with van der Waals surface area (Å²) < 4.78 is 36.9. The SMILES string of the molecule is COc1ccc(S(=O)(=O)N[C@@H](C)C(=O)OCC(=O)NC(C)c2ccc(Cl)cc2Cl)cc1. The summed E-state index contributed by atoms with van der Waals surface area (Å²) in [5, 5.41) is 3.49. The number of halogens is 2. The van der Waals surface area contributed by atoms with Gasteiger partial charge in [0.25, 0.3) is 5.91 Å². The van der Waals surface area contributed by atoms with Gasteiger partial charge in [-0.15, -0.1) is 0 Å². The zero-order chi connectivity index (χ0) is 23.2. The van der Waals surface area contributed by atoms with Crippen LogP contribution in [0.1, 0.15) is 25.5 Å². The van der Waals surface area contributed by atoms with E-state index in [0.29, 0.717) is 21.4 Å². The molecule has 0 aliphatic heterocycles. The lowest BCUT2D eigenvalue weighted by atomic mass is 10.1. The molecule has 0 fully saturated rings. The standard InChI is InChI=1S/C20H22Cl2N2O6S/c1-12(17-9-4-14(21)10-18(17)22)23-19(25)11-30-20(26)13(2)24-31(27,28)16-7-5-15(29-3)6-8-16/h4-10,12-13,24H,11H2,1-3H3,(H,23,25)/t12?,13-/m0/s1. The maximum absolute atomic E-state index is 12.4. The minimum absolute atomic E-state index is 0.0423. The van der Waals surface area contributed by atoms with Crippen LogP contribution in [0.4, 0.5) is 0 Å². The van der Waals surface area contributed by atoms with Gasteiger partial charge in [0.15, 0.2) is 6.61 Å². The molecule has 168 valence electrons. The predicted octanol–water partition coefficient (Wildman–Crippen LogP) is 3.09. The first-order valence-corrected chi connectivity index (χ1v) is 11.3. The minimum Gasteiger partial charge on any atom is -0.497 e. The number of sulfonamides is 1. The maximum Gasteiger partial charge on any atom is 0.324 e. The molecule has 11 heteroatoms. The van der Waals surface area contributed by atoms with Gasteiger partial charge in [-0.3, -0.25) is 9.59 Å². The van der Waals surface area contributed by atoms with E-state index in [1.165, 1.54) is 38.3 Å². The summed E-state index contributed by atoms with van der Waals surface area (Å²) in [6.45, 7) is 2.45. The first kappa shape index (κ1) is 24.9. The van der Waals surface area contributed by atoms with Crippen LogP contribution < -0.4 is 14.8 Å². The largest absolute Gasteiger partial charge is 0.497 e. The maximum atomic E-state index is 12.4. The lowest BCUT2D eigenvalue weighted by molar-refractivity contribution is -0.149. The normalized spacial score (nSPS) is 13.2. The van der Waals surface area contributed by atoms with Crippen LogP contribution in [0.15, 0.2) is 47.4 Å². The summed E-state index contributed by atoms with van der Waals surface area (Å²) in [5.41, 5.74) is 0.645. The second kappa shape index (κ2) is 10.8. The molecule has 31 heavy (non-hydrogen) atoms. The highest BCUT2D eigenvalue weighted by Crippen LogP contribution is 2.26. The highest BCUT2D eigenvalue weighted by atomic mass is 35.5. The Kier molecular flexibility index (Phi) is 8.69. The summed E-state index contributed by atoms with van der Waals surface area (Å²) in [5.74, 6) is -0.979. The molecule has 0 aliphatic rings. The zero-order valence-corrected chi connectivity index (χ0v) is 19.3. The molecule has 2 N–H and O–H groups in total. The molecule has 1 unspecified atom stereocenters. The van der Waals surface area contributed by atoms with Crippen molar-refractivity contribution in [3.05, 3.63) is 58.1 Å². The summed E-state index contributed by atoms with van der Waals surface area (Å²) in [7, 11) is -2.50. The monoisotopic (exact) mass is 488 g/mol. The Morgan fingerprint density at radius 2 is 1.71 bits per heavy atom. The van der Waals surface area contributed by atoms with Crippen molar-refractivity contribution in [2.24, 2.45) is 0 Å². The molecule has 0 radical (unpaired) electrons. The molecule has 0 heterocycles. The highest BCUT2D eigenvalue weighted by molar-refractivity contribution is 7.89. The topological polar surface area (TPSA) is 111 Å². The number of nitrogens with one attached hydrogen (secondary N) is 2. The van der Waals surface area contributed by atoms with Crippen LogP contribution in [0.25, 0.3) is 0 Å². The molecule has 2 atom stereocenters. The number of methoxy groups -OCH3 is 1. The van der Waals surface area contributed by atoms with Crippen molar-refractivity contribution in [2.45, 2.75) is 30.8 Å². The zero-order valence-electron chi connectivity index (χ0n) is 17.0. The lowest BCUT2D eigenvalue weighted by Gasteiger charge is -2.17. The van der Waals surface area contributed by atoms with Crippen molar-refractivity contribution < 1.29 is 27.5 Å². The van der Waals surface area contributed by atoms with E-state index in [0.717, 1.165) is 0 Å². The fraction of sp³-hybridized carbons (Fsp3) is 0.300. The fourth-order valence-corrected chi connectivity index (χ4v) is 4.34. The van der Waals surface area contributed by atoms with E-state index in [1.807, 2.05) is 0 Å². The smallest absolute Gasteiger partial charge is 0.324 e. The third-order valence-corrected chi connectivity index (χ3v) is 6.33. The second-order valence-corrected chi connectivity index (χ2v) is 9.14. The molecular formula is C20H22Cl2N2O6S. The second-order valence-electron chi connectivity index (χ2n) is 6.58. The number of rotatable bonds is 9. The van der Waals surface area contributed by atoms with Crippen LogP contribution in [0, 0.1) is 0 Å². The van der Waals surface area contributed by atoms with Gasteiger partial charge in [-0.1, -0.05) is 29.3 Å². The van der Waals surface area contributed by atoms with Gasteiger partial charge in [0.2, 0.25) is 10.0 Å². The highest BCUT2D eigenvalue weighted by Gasteiger charge is 2.24. The van der Waals surface area contributed by atoms with Gasteiger partial charge in [0.05, 0.1) is 18.0 Å². The molecule has 2 rings (SSSR count).